The lowest BCUT2D eigenvalue weighted by Crippen LogP contribution is -2.56. The second-order valence-corrected chi connectivity index (χ2v) is 10.1. The van der Waals surface area contributed by atoms with E-state index in [1.807, 2.05) is 36.9 Å². The van der Waals surface area contributed by atoms with Crippen molar-refractivity contribution >= 4 is 17.7 Å². The van der Waals surface area contributed by atoms with Crippen molar-refractivity contribution in [2.75, 3.05) is 19.6 Å². The van der Waals surface area contributed by atoms with Gasteiger partial charge in [-0.05, 0) is 36.3 Å². The molecule has 1 fully saturated rings. The molecule has 182 valence electrons. The maximum absolute atomic E-state index is 13.7. The molecular formula is C27H41N3O3. The van der Waals surface area contributed by atoms with E-state index < -0.39 is 6.04 Å². The molecule has 2 aliphatic heterocycles. The van der Waals surface area contributed by atoms with Gasteiger partial charge < -0.3 is 15.1 Å². The minimum atomic E-state index is -0.484. The molecule has 2 aliphatic rings. The van der Waals surface area contributed by atoms with E-state index in [1.54, 1.807) is 4.90 Å². The molecule has 0 spiro atoms. The Hall–Kier alpha value is -2.37. The number of piperidine rings is 1. The van der Waals surface area contributed by atoms with Crippen LogP contribution in [0.4, 0.5) is 0 Å². The van der Waals surface area contributed by atoms with E-state index >= 15 is 0 Å². The number of amides is 3. The number of fused-ring (bicyclic) bond motifs is 1. The van der Waals surface area contributed by atoms with E-state index in [1.165, 1.54) is 12.8 Å². The van der Waals surface area contributed by atoms with Crippen molar-refractivity contribution in [2.45, 2.75) is 84.7 Å². The number of rotatable bonds is 9. The normalized spacial score (nSPS) is 20.5. The van der Waals surface area contributed by atoms with Crippen LogP contribution < -0.4 is 5.32 Å². The van der Waals surface area contributed by atoms with Crippen LogP contribution in [0.25, 0.3) is 0 Å². The van der Waals surface area contributed by atoms with Crippen molar-refractivity contribution in [1.82, 2.24) is 15.1 Å². The summed E-state index contributed by atoms with van der Waals surface area (Å²) >= 11 is 0. The molecule has 0 bridgehead atoms. The van der Waals surface area contributed by atoms with E-state index in [9.17, 15) is 14.4 Å². The van der Waals surface area contributed by atoms with Crippen LogP contribution in [0.1, 0.15) is 76.8 Å². The number of hydrogen-bond donors (Lipinski definition) is 1. The summed E-state index contributed by atoms with van der Waals surface area (Å²) in [5, 5.41) is 3.07. The fraction of sp³-hybridized carbons (Fsp3) is 0.667. The maximum Gasteiger partial charge on any atom is 0.245 e. The van der Waals surface area contributed by atoms with E-state index in [0.29, 0.717) is 39.0 Å². The van der Waals surface area contributed by atoms with Crippen LogP contribution in [-0.4, -0.2) is 53.2 Å². The lowest BCUT2D eigenvalue weighted by Gasteiger charge is -2.41. The fourth-order valence-electron chi connectivity index (χ4n) is 4.98. The molecule has 2 unspecified atom stereocenters. The Kier molecular flexibility index (Phi) is 9.33. The predicted molar refractivity (Wildman–Crippen MR) is 130 cm³/mol. The topological polar surface area (TPSA) is 69.7 Å². The number of hydrogen-bond acceptors (Lipinski definition) is 3. The highest BCUT2D eigenvalue weighted by molar-refractivity contribution is 5.89. The van der Waals surface area contributed by atoms with Gasteiger partial charge in [0.15, 0.2) is 0 Å². The standard InChI is InChI=1S/C27H41N3O3/c1-4-5-6-9-14-28-26(32)23-13-10-15-29(18-23)27(33)24-17-21-11-7-8-12-22(21)19-30(24)25(31)16-20(2)3/h7-8,11-12,20,23-24H,4-6,9-10,13-19H2,1-3H3,(H,28,32). The number of nitrogens with zero attached hydrogens (tertiary/aromatic N) is 2. The molecule has 1 N–H and O–H groups in total. The lowest BCUT2D eigenvalue weighted by atomic mass is 9.91. The molecular weight excluding hydrogens is 414 g/mol. The van der Waals surface area contributed by atoms with Crippen LogP contribution in [-0.2, 0) is 27.3 Å². The molecule has 0 radical (unpaired) electrons. The number of benzene rings is 1. The zero-order valence-corrected chi connectivity index (χ0v) is 20.6. The van der Waals surface area contributed by atoms with Gasteiger partial charge in [0.05, 0.1) is 5.92 Å². The average molecular weight is 456 g/mol. The third kappa shape index (κ3) is 6.81. The molecule has 2 heterocycles. The van der Waals surface area contributed by atoms with Crippen LogP contribution in [0, 0.1) is 11.8 Å². The van der Waals surface area contributed by atoms with Gasteiger partial charge in [0.2, 0.25) is 17.7 Å². The maximum atomic E-state index is 13.7. The Labute approximate surface area is 199 Å². The molecule has 3 amide bonds. The highest BCUT2D eigenvalue weighted by atomic mass is 16.2. The van der Waals surface area contributed by atoms with Gasteiger partial charge in [0.1, 0.15) is 6.04 Å². The minimum Gasteiger partial charge on any atom is -0.356 e. The molecule has 0 aromatic heterocycles. The second kappa shape index (κ2) is 12.2. The largest absolute Gasteiger partial charge is 0.356 e. The van der Waals surface area contributed by atoms with E-state index in [0.717, 1.165) is 36.8 Å². The first kappa shape index (κ1) is 25.3. The third-order valence-electron chi connectivity index (χ3n) is 6.87. The minimum absolute atomic E-state index is 0.0120. The van der Waals surface area contributed by atoms with Gasteiger partial charge in [-0.3, -0.25) is 14.4 Å². The SMILES string of the molecule is CCCCCCNC(=O)C1CCCN(C(=O)C2Cc3ccccc3CN2C(=O)CC(C)C)C1. The number of carbonyl (C=O) groups is 3. The Balaban J connectivity index is 1.66. The van der Waals surface area contributed by atoms with E-state index in [4.69, 9.17) is 0 Å². The van der Waals surface area contributed by atoms with Gasteiger partial charge in [-0.15, -0.1) is 0 Å². The molecule has 2 atom stereocenters. The van der Waals surface area contributed by atoms with Gasteiger partial charge in [0, 0.05) is 39.0 Å². The van der Waals surface area contributed by atoms with Crippen molar-refractivity contribution in [3.8, 4) is 0 Å². The first-order valence-corrected chi connectivity index (χ1v) is 12.8. The monoisotopic (exact) mass is 455 g/mol. The third-order valence-corrected chi connectivity index (χ3v) is 6.87. The van der Waals surface area contributed by atoms with E-state index in [-0.39, 0.29) is 29.6 Å². The van der Waals surface area contributed by atoms with Crippen LogP contribution in [0.3, 0.4) is 0 Å². The molecule has 3 rings (SSSR count). The van der Waals surface area contributed by atoms with Crippen LogP contribution in [0.2, 0.25) is 0 Å². The molecule has 0 saturated carbocycles. The zero-order chi connectivity index (χ0) is 23.8. The summed E-state index contributed by atoms with van der Waals surface area (Å²) < 4.78 is 0. The molecule has 1 aromatic carbocycles. The summed E-state index contributed by atoms with van der Waals surface area (Å²) in [4.78, 5) is 43.1. The first-order chi connectivity index (χ1) is 15.9. The Morgan fingerprint density at radius 1 is 1.09 bits per heavy atom. The van der Waals surface area contributed by atoms with Crippen LogP contribution in [0.5, 0.6) is 0 Å². The van der Waals surface area contributed by atoms with Crippen molar-refractivity contribution in [1.29, 1.82) is 0 Å². The summed E-state index contributed by atoms with van der Waals surface area (Å²) in [5.41, 5.74) is 2.26. The first-order valence-electron chi connectivity index (χ1n) is 12.8. The van der Waals surface area contributed by atoms with Crippen molar-refractivity contribution < 1.29 is 14.4 Å². The van der Waals surface area contributed by atoms with Crippen molar-refractivity contribution in [3.05, 3.63) is 35.4 Å². The molecule has 6 heteroatoms. The summed E-state index contributed by atoms with van der Waals surface area (Å²) in [6, 6.07) is 7.61. The van der Waals surface area contributed by atoms with Gasteiger partial charge in [-0.25, -0.2) is 0 Å². The number of unbranched alkanes of at least 4 members (excludes halogenated alkanes) is 3. The summed E-state index contributed by atoms with van der Waals surface area (Å²) in [5.74, 6) is 0.166. The number of carbonyl (C=O) groups excluding carboxylic acids is 3. The van der Waals surface area contributed by atoms with Gasteiger partial charge in [0.25, 0.3) is 0 Å². The fourth-order valence-corrected chi connectivity index (χ4v) is 4.98. The lowest BCUT2D eigenvalue weighted by molar-refractivity contribution is -0.149. The highest BCUT2D eigenvalue weighted by Gasteiger charge is 2.38. The highest BCUT2D eigenvalue weighted by Crippen LogP contribution is 2.27. The summed E-state index contributed by atoms with van der Waals surface area (Å²) in [7, 11) is 0. The van der Waals surface area contributed by atoms with Crippen molar-refractivity contribution in [3.63, 3.8) is 0 Å². The van der Waals surface area contributed by atoms with Gasteiger partial charge >= 0.3 is 0 Å². The second-order valence-electron chi connectivity index (χ2n) is 10.1. The van der Waals surface area contributed by atoms with Crippen molar-refractivity contribution in [2.24, 2.45) is 11.8 Å². The molecule has 1 aromatic rings. The Morgan fingerprint density at radius 3 is 2.58 bits per heavy atom. The zero-order valence-electron chi connectivity index (χ0n) is 20.6. The van der Waals surface area contributed by atoms with E-state index in [2.05, 4.69) is 18.3 Å². The average Bonchev–Trinajstić information content (AvgIpc) is 2.82. The Morgan fingerprint density at radius 2 is 1.85 bits per heavy atom. The molecule has 1 saturated heterocycles. The van der Waals surface area contributed by atoms with Gasteiger partial charge in [-0.2, -0.15) is 0 Å². The predicted octanol–water partition coefficient (Wildman–Crippen LogP) is 3.92. The smallest absolute Gasteiger partial charge is 0.245 e. The summed E-state index contributed by atoms with van der Waals surface area (Å²) in [6.45, 7) is 8.53. The van der Waals surface area contributed by atoms with Crippen LogP contribution >= 0.6 is 0 Å². The number of likely N-dealkylation sites (tertiary alicyclic amines) is 1. The molecule has 33 heavy (non-hydrogen) atoms. The molecule has 0 aliphatic carbocycles. The summed E-state index contributed by atoms with van der Waals surface area (Å²) in [6.07, 6.45) is 7.13. The Bertz CT molecular complexity index is 823. The number of nitrogens with one attached hydrogen (secondary N) is 1. The molecule has 6 nitrogen and oxygen atoms in total. The van der Waals surface area contributed by atoms with Gasteiger partial charge in [-0.1, -0.05) is 64.3 Å². The quantitative estimate of drug-likeness (QED) is 0.574. The van der Waals surface area contributed by atoms with Crippen LogP contribution in [0.15, 0.2) is 24.3 Å².